The molecule has 0 bridgehead atoms. The minimum Gasteiger partial charge on any atom is -0.487 e. The van der Waals surface area contributed by atoms with Gasteiger partial charge < -0.3 is 9.84 Å². The molecule has 1 heterocycles. The van der Waals surface area contributed by atoms with Crippen LogP contribution in [-0.2, 0) is 13.2 Å². The molecule has 0 aliphatic rings. The lowest BCUT2D eigenvalue weighted by atomic mass is 10.2. The monoisotopic (exact) mass is 255 g/mol. The number of hydrogen-bond acceptors (Lipinski definition) is 4. The van der Waals surface area contributed by atoms with Crippen LogP contribution < -0.4 is 4.74 Å². The summed E-state index contributed by atoms with van der Waals surface area (Å²) < 4.78 is 5.55. The first-order chi connectivity index (χ1) is 7.81. The second-order valence-corrected chi connectivity index (χ2v) is 4.27. The van der Waals surface area contributed by atoms with Crippen LogP contribution in [0.25, 0.3) is 0 Å². The third kappa shape index (κ3) is 2.52. The third-order valence-electron chi connectivity index (χ3n) is 2.09. The SMILES string of the molecule is OCc1c(Cl)cccc1OCc1cscn1. The second-order valence-electron chi connectivity index (χ2n) is 3.14. The first kappa shape index (κ1) is 11.4. The van der Waals surface area contributed by atoms with Crippen LogP contribution in [0, 0.1) is 0 Å². The summed E-state index contributed by atoms with van der Waals surface area (Å²) in [5.74, 6) is 0.600. The van der Waals surface area contributed by atoms with Crippen molar-refractivity contribution in [2.45, 2.75) is 13.2 Å². The van der Waals surface area contributed by atoms with Crippen LogP contribution in [-0.4, -0.2) is 10.1 Å². The molecule has 0 unspecified atom stereocenters. The fourth-order valence-electron chi connectivity index (χ4n) is 1.29. The quantitative estimate of drug-likeness (QED) is 0.914. The van der Waals surface area contributed by atoms with Crippen molar-refractivity contribution in [3.8, 4) is 5.75 Å². The zero-order chi connectivity index (χ0) is 11.4. The van der Waals surface area contributed by atoms with Crippen molar-refractivity contribution < 1.29 is 9.84 Å². The number of aliphatic hydroxyl groups is 1. The van der Waals surface area contributed by atoms with Crippen LogP contribution in [0.5, 0.6) is 5.75 Å². The summed E-state index contributed by atoms with van der Waals surface area (Å²) in [7, 11) is 0. The average molecular weight is 256 g/mol. The Bertz CT molecular complexity index is 459. The average Bonchev–Trinajstić information content (AvgIpc) is 2.79. The lowest BCUT2D eigenvalue weighted by Crippen LogP contribution is -1.99. The predicted octanol–water partition coefficient (Wildman–Crippen LogP) is 2.87. The maximum absolute atomic E-state index is 9.18. The zero-order valence-electron chi connectivity index (χ0n) is 8.39. The fourth-order valence-corrected chi connectivity index (χ4v) is 2.06. The molecule has 0 atom stereocenters. The zero-order valence-corrected chi connectivity index (χ0v) is 9.96. The van der Waals surface area contributed by atoms with E-state index < -0.39 is 0 Å². The summed E-state index contributed by atoms with van der Waals surface area (Å²) in [6.45, 7) is 0.253. The molecule has 0 aliphatic carbocycles. The number of rotatable bonds is 4. The van der Waals surface area contributed by atoms with E-state index in [1.165, 1.54) is 11.3 Å². The minimum atomic E-state index is -0.133. The van der Waals surface area contributed by atoms with Gasteiger partial charge in [-0.2, -0.15) is 0 Å². The molecular formula is C11H10ClNO2S. The molecule has 0 spiro atoms. The first-order valence-electron chi connectivity index (χ1n) is 4.69. The van der Waals surface area contributed by atoms with Gasteiger partial charge in [0.1, 0.15) is 12.4 Å². The molecule has 16 heavy (non-hydrogen) atoms. The standard InChI is InChI=1S/C11H10ClNO2S/c12-10-2-1-3-11(9(10)4-14)15-5-8-6-16-7-13-8/h1-3,6-7,14H,4-5H2. The van der Waals surface area contributed by atoms with Gasteiger partial charge >= 0.3 is 0 Å². The van der Waals surface area contributed by atoms with Crippen LogP contribution in [0.4, 0.5) is 0 Å². The summed E-state index contributed by atoms with van der Waals surface area (Å²) in [6, 6.07) is 5.30. The van der Waals surface area contributed by atoms with Crippen molar-refractivity contribution >= 4 is 22.9 Å². The highest BCUT2D eigenvalue weighted by atomic mass is 35.5. The number of halogens is 1. The Hall–Kier alpha value is -1.10. The number of nitrogens with zero attached hydrogens (tertiary/aromatic N) is 1. The Kier molecular flexibility index (Phi) is 3.77. The van der Waals surface area contributed by atoms with Gasteiger partial charge in [0.25, 0.3) is 0 Å². The van der Waals surface area contributed by atoms with E-state index in [1.807, 2.05) is 5.38 Å². The molecule has 2 aromatic rings. The van der Waals surface area contributed by atoms with Gasteiger partial charge in [0.15, 0.2) is 0 Å². The molecule has 0 fully saturated rings. The maximum atomic E-state index is 9.18. The minimum absolute atomic E-state index is 0.133. The molecule has 1 N–H and O–H groups in total. The molecule has 3 nitrogen and oxygen atoms in total. The van der Waals surface area contributed by atoms with Gasteiger partial charge in [-0.1, -0.05) is 17.7 Å². The normalized spacial score (nSPS) is 10.4. The first-order valence-corrected chi connectivity index (χ1v) is 6.01. The van der Waals surface area contributed by atoms with E-state index in [0.29, 0.717) is 22.9 Å². The van der Waals surface area contributed by atoms with E-state index in [1.54, 1.807) is 23.7 Å². The number of aromatic nitrogens is 1. The van der Waals surface area contributed by atoms with E-state index in [4.69, 9.17) is 16.3 Å². The lowest BCUT2D eigenvalue weighted by molar-refractivity contribution is 0.258. The van der Waals surface area contributed by atoms with Crippen LogP contribution in [0.1, 0.15) is 11.3 Å². The molecule has 0 aliphatic heterocycles. The Morgan fingerprint density at radius 1 is 1.44 bits per heavy atom. The molecule has 0 amide bonds. The van der Waals surface area contributed by atoms with Crippen LogP contribution in [0.2, 0.25) is 5.02 Å². The summed E-state index contributed by atoms with van der Waals surface area (Å²) in [5.41, 5.74) is 3.23. The lowest BCUT2D eigenvalue weighted by Gasteiger charge is -2.09. The maximum Gasteiger partial charge on any atom is 0.131 e. The fraction of sp³-hybridized carbons (Fsp3) is 0.182. The molecule has 84 valence electrons. The van der Waals surface area contributed by atoms with Crippen LogP contribution in [0.15, 0.2) is 29.1 Å². The summed E-state index contributed by atoms with van der Waals surface area (Å²) in [6.07, 6.45) is 0. The van der Waals surface area contributed by atoms with Crippen molar-refractivity contribution in [3.63, 3.8) is 0 Å². The largest absolute Gasteiger partial charge is 0.487 e. The number of aliphatic hydroxyl groups excluding tert-OH is 1. The van der Waals surface area contributed by atoms with E-state index in [2.05, 4.69) is 4.98 Å². The molecule has 1 aromatic carbocycles. The number of thiazole rings is 1. The van der Waals surface area contributed by atoms with Crippen molar-refractivity contribution in [1.82, 2.24) is 4.98 Å². The second kappa shape index (κ2) is 5.30. The van der Waals surface area contributed by atoms with Gasteiger partial charge in [0.2, 0.25) is 0 Å². The van der Waals surface area contributed by atoms with Crippen LogP contribution in [0.3, 0.4) is 0 Å². The Labute approximate surface area is 102 Å². The van der Waals surface area contributed by atoms with Gasteiger partial charge in [0.05, 0.1) is 17.8 Å². The summed E-state index contributed by atoms with van der Waals surface area (Å²) >= 11 is 7.46. The highest BCUT2D eigenvalue weighted by Gasteiger charge is 2.07. The van der Waals surface area contributed by atoms with Gasteiger partial charge in [0, 0.05) is 16.0 Å². The van der Waals surface area contributed by atoms with Crippen molar-refractivity contribution in [1.29, 1.82) is 0 Å². The van der Waals surface area contributed by atoms with Crippen molar-refractivity contribution in [2.75, 3.05) is 0 Å². The highest BCUT2D eigenvalue weighted by molar-refractivity contribution is 7.07. The van der Waals surface area contributed by atoms with Gasteiger partial charge in [-0.3, -0.25) is 0 Å². The smallest absolute Gasteiger partial charge is 0.131 e. The molecule has 1 aromatic heterocycles. The van der Waals surface area contributed by atoms with Crippen molar-refractivity contribution in [2.24, 2.45) is 0 Å². The molecule has 2 rings (SSSR count). The Morgan fingerprint density at radius 2 is 2.31 bits per heavy atom. The number of benzene rings is 1. The van der Waals surface area contributed by atoms with Gasteiger partial charge in [-0.15, -0.1) is 11.3 Å². The van der Waals surface area contributed by atoms with E-state index in [0.717, 1.165) is 5.69 Å². The molecule has 0 saturated carbocycles. The van der Waals surface area contributed by atoms with Crippen molar-refractivity contribution in [3.05, 3.63) is 45.4 Å². The highest BCUT2D eigenvalue weighted by Crippen LogP contribution is 2.26. The molecule has 0 radical (unpaired) electrons. The summed E-state index contributed by atoms with van der Waals surface area (Å²) in [4.78, 5) is 4.11. The Morgan fingerprint density at radius 3 is 3.00 bits per heavy atom. The molecule has 0 saturated heterocycles. The predicted molar refractivity (Wildman–Crippen MR) is 63.8 cm³/mol. The molecular weight excluding hydrogens is 246 g/mol. The number of ether oxygens (including phenoxy) is 1. The topological polar surface area (TPSA) is 42.4 Å². The summed E-state index contributed by atoms with van der Waals surface area (Å²) in [5, 5.41) is 11.6. The van der Waals surface area contributed by atoms with Gasteiger partial charge in [-0.25, -0.2) is 4.98 Å². The van der Waals surface area contributed by atoms with E-state index in [-0.39, 0.29) is 6.61 Å². The Balaban J connectivity index is 2.12. The van der Waals surface area contributed by atoms with Gasteiger partial charge in [-0.05, 0) is 12.1 Å². The van der Waals surface area contributed by atoms with Crippen LogP contribution >= 0.6 is 22.9 Å². The molecule has 5 heteroatoms. The van der Waals surface area contributed by atoms with E-state index >= 15 is 0 Å². The number of hydrogen-bond donors (Lipinski definition) is 1. The van der Waals surface area contributed by atoms with E-state index in [9.17, 15) is 5.11 Å². The third-order valence-corrected chi connectivity index (χ3v) is 3.08.